The highest BCUT2D eigenvalue weighted by Gasteiger charge is 2.36. The van der Waals surface area contributed by atoms with E-state index in [-0.39, 0.29) is 6.04 Å². The fourth-order valence-corrected chi connectivity index (χ4v) is 2.62. The first-order valence-corrected chi connectivity index (χ1v) is 6.69. The summed E-state index contributed by atoms with van der Waals surface area (Å²) in [5.41, 5.74) is 5.62. The SMILES string of the molecule is CCC(C)(N)c1nc(C2CN3CCN2CC3)no1. The van der Waals surface area contributed by atoms with Gasteiger partial charge in [0.05, 0.1) is 11.6 Å². The highest BCUT2D eigenvalue weighted by molar-refractivity contribution is 5.05. The quantitative estimate of drug-likeness (QED) is 0.834. The molecule has 0 aromatic carbocycles. The van der Waals surface area contributed by atoms with E-state index < -0.39 is 5.54 Å². The molecular formula is C12H21N5O. The molecule has 2 atom stereocenters. The van der Waals surface area contributed by atoms with Gasteiger partial charge in [0, 0.05) is 32.7 Å². The third-order valence-electron chi connectivity index (χ3n) is 4.24. The van der Waals surface area contributed by atoms with E-state index in [0.717, 1.165) is 45.0 Å². The lowest BCUT2D eigenvalue weighted by Crippen LogP contribution is -2.57. The first-order chi connectivity index (χ1) is 8.60. The molecule has 0 radical (unpaired) electrons. The summed E-state index contributed by atoms with van der Waals surface area (Å²) in [6.45, 7) is 9.48. The van der Waals surface area contributed by atoms with Crippen molar-refractivity contribution in [3.63, 3.8) is 0 Å². The van der Waals surface area contributed by atoms with Gasteiger partial charge in [-0.2, -0.15) is 4.98 Å². The predicted molar refractivity (Wildman–Crippen MR) is 66.9 cm³/mol. The Kier molecular flexibility index (Phi) is 2.88. The molecule has 3 fully saturated rings. The van der Waals surface area contributed by atoms with Crippen molar-refractivity contribution in [2.75, 3.05) is 32.7 Å². The molecule has 4 rings (SSSR count). The molecule has 0 aliphatic carbocycles. The third kappa shape index (κ3) is 1.94. The second-order valence-corrected chi connectivity index (χ2v) is 5.58. The Hall–Kier alpha value is -0.980. The number of rotatable bonds is 3. The molecule has 2 bridgehead atoms. The summed E-state index contributed by atoms with van der Waals surface area (Å²) in [4.78, 5) is 9.42. The van der Waals surface area contributed by atoms with Crippen LogP contribution in [0, 0.1) is 0 Å². The van der Waals surface area contributed by atoms with Gasteiger partial charge in [0.15, 0.2) is 5.82 Å². The molecule has 2 N–H and O–H groups in total. The molecule has 18 heavy (non-hydrogen) atoms. The van der Waals surface area contributed by atoms with Crippen molar-refractivity contribution in [1.82, 2.24) is 19.9 Å². The number of fused-ring (bicyclic) bond motifs is 3. The Morgan fingerprint density at radius 3 is 2.67 bits per heavy atom. The number of nitrogens with zero attached hydrogens (tertiary/aromatic N) is 4. The molecule has 3 aliphatic rings. The fraction of sp³-hybridized carbons (Fsp3) is 0.833. The monoisotopic (exact) mass is 251 g/mol. The summed E-state index contributed by atoms with van der Waals surface area (Å²) < 4.78 is 5.35. The summed E-state index contributed by atoms with van der Waals surface area (Å²) >= 11 is 0. The first-order valence-electron chi connectivity index (χ1n) is 6.69. The average Bonchev–Trinajstić information content (AvgIpc) is 2.90. The van der Waals surface area contributed by atoms with Gasteiger partial charge in [-0.15, -0.1) is 0 Å². The van der Waals surface area contributed by atoms with E-state index >= 15 is 0 Å². The van der Waals surface area contributed by atoms with E-state index in [1.54, 1.807) is 0 Å². The number of hydrogen-bond donors (Lipinski definition) is 1. The minimum absolute atomic E-state index is 0.276. The van der Waals surface area contributed by atoms with Crippen LogP contribution in [0.4, 0.5) is 0 Å². The van der Waals surface area contributed by atoms with Crippen LogP contribution in [0.25, 0.3) is 0 Å². The normalized spacial score (nSPS) is 34.5. The van der Waals surface area contributed by atoms with Crippen molar-refractivity contribution < 1.29 is 4.52 Å². The van der Waals surface area contributed by atoms with Crippen molar-refractivity contribution in [1.29, 1.82) is 0 Å². The Bertz CT molecular complexity index is 422. The predicted octanol–water partition coefficient (Wildman–Crippen LogP) is 0.326. The minimum Gasteiger partial charge on any atom is -0.337 e. The lowest BCUT2D eigenvalue weighted by Gasteiger charge is -2.46. The molecule has 1 aromatic rings. The molecule has 3 saturated heterocycles. The van der Waals surface area contributed by atoms with Crippen LogP contribution in [-0.2, 0) is 5.54 Å². The number of hydrogen-bond acceptors (Lipinski definition) is 6. The third-order valence-corrected chi connectivity index (χ3v) is 4.24. The van der Waals surface area contributed by atoms with Crippen LogP contribution in [0.2, 0.25) is 0 Å². The fourth-order valence-electron chi connectivity index (χ4n) is 2.62. The zero-order chi connectivity index (χ0) is 12.8. The van der Waals surface area contributed by atoms with Gasteiger partial charge in [0.1, 0.15) is 0 Å². The van der Waals surface area contributed by atoms with E-state index in [2.05, 4.69) is 19.9 Å². The van der Waals surface area contributed by atoms with Crippen molar-refractivity contribution in [3.05, 3.63) is 11.7 Å². The van der Waals surface area contributed by atoms with Gasteiger partial charge >= 0.3 is 0 Å². The topological polar surface area (TPSA) is 71.4 Å². The molecule has 100 valence electrons. The van der Waals surface area contributed by atoms with Gasteiger partial charge in [-0.25, -0.2) is 0 Å². The summed E-state index contributed by atoms with van der Waals surface area (Å²) in [6.07, 6.45) is 0.787. The molecular weight excluding hydrogens is 230 g/mol. The molecule has 4 heterocycles. The smallest absolute Gasteiger partial charge is 0.246 e. The van der Waals surface area contributed by atoms with Crippen LogP contribution in [0.1, 0.15) is 38.0 Å². The van der Waals surface area contributed by atoms with Gasteiger partial charge < -0.3 is 10.3 Å². The Morgan fingerprint density at radius 2 is 2.11 bits per heavy atom. The van der Waals surface area contributed by atoms with Crippen molar-refractivity contribution in [3.8, 4) is 0 Å². The van der Waals surface area contributed by atoms with Gasteiger partial charge in [0.2, 0.25) is 5.89 Å². The van der Waals surface area contributed by atoms with Gasteiger partial charge in [-0.3, -0.25) is 9.80 Å². The second-order valence-electron chi connectivity index (χ2n) is 5.58. The van der Waals surface area contributed by atoms with E-state index in [0.29, 0.717) is 5.89 Å². The second kappa shape index (κ2) is 4.29. The Labute approximate surface area is 107 Å². The molecule has 1 aromatic heterocycles. The maximum atomic E-state index is 6.14. The Morgan fingerprint density at radius 1 is 1.39 bits per heavy atom. The van der Waals surface area contributed by atoms with Gasteiger partial charge in [-0.05, 0) is 13.3 Å². The molecule has 0 saturated carbocycles. The molecule has 0 amide bonds. The Balaban J connectivity index is 1.81. The molecule has 6 heteroatoms. The average molecular weight is 251 g/mol. The van der Waals surface area contributed by atoms with Crippen LogP contribution in [0.15, 0.2) is 4.52 Å². The minimum atomic E-state index is -0.519. The van der Waals surface area contributed by atoms with Crippen LogP contribution in [-0.4, -0.2) is 52.7 Å². The largest absolute Gasteiger partial charge is 0.337 e. The highest BCUT2D eigenvalue weighted by atomic mass is 16.5. The molecule has 2 unspecified atom stereocenters. The van der Waals surface area contributed by atoms with E-state index in [1.165, 1.54) is 0 Å². The molecule has 6 nitrogen and oxygen atoms in total. The first kappa shape index (κ1) is 12.1. The van der Waals surface area contributed by atoms with Crippen molar-refractivity contribution in [2.24, 2.45) is 5.73 Å². The number of nitrogens with two attached hydrogens (primary N) is 1. The van der Waals surface area contributed by atoms with Gasteiger partial charge in [0.25, 0.3) is 0 Å². The zero-order valence-corrected chi connectivity index (χ0v) is 11.1. The number of aromatic nitrogens is 2. The summed E-state index contributed by atoms with van der Waals surface area (Å²) in [7, 11) is 0. The van der Waals surface area contributed by atoms with Crippen LogP contribution in [0.5, 0.6) is 0 Å². The standard InChI is InChI=1S/C12H21N5O/c1-3-12(2,13)11-14-10(15-18-11)9-8-16-4-6-17(9)7-5-16/h9H,3-8,13H2,1-2H3. The lowest BCUT2D eigenvalue weighted by atomic mass is 10.0. The summed E-state index contributed by atoms with van der Waals surface area (Å²) in [5.74, 6) is 1.34. The summed E-state index contributed by atoms with van der Waals surface area (Å²) in [6, 6.07) is 0.276. The van der Waals surface area contributed by atoms with Crippen molar-refractivity contribution in [2.45, 2.75) is 31.8 Å². The highest BCUT2D eigenvalue weighted by Crippen LogP contribution is 2.28. The molecule has 3 aliphatic heterocycles. The van der Waals surface area contributed by atoms with E-state index in [4.69, 9.17) is 10.3 Å². The van der Waals surface area contributed by atoms with E-state index in [9.17, 15) is 0 Å². The zero-order valence-electron chi connectivity index (χ0n) is 11.1. The van der Waals surface area contributed by atoms with Crippen LogP contribution < -0.4 is 5.73 Å². The van der Waals surface area contributed by atoms with Crippen molar-refractivity contribution >= 4 is 0 Å². The lowest BCUT2D eigenvalue weighted by molar-refractivity contribution is 0.00781. The molecule has 0 spiro atoms. The van der Waals surface area contributed by atoms with Crippen LogP contribution in [0.3, 0.4) is 0 Å². The number of piperazine rings is 3. The van der Waals surface area contributed by atoms with Crippen LogP contribution >= 0.6 is 0 Å². The summed E-state index contributed by atoms with van der Waals surface area (Å²) in [5, 5.41) is 4.14. The van der Waals surface area contributed by atoms with Gasteiger partial charge in [-0.1, -0.05) is 12.1 Å². The van der Waals surface area contributed by atoms with E-state index in [1.807, 2.05) is 13.8 Å². The maximum Gasteiger partial charge on any atom is 0.246 e. The maximum absolute atomic E-state index is 6.14.